The number of pyridine rings is 1. The molecular formula is C20H19NO3. The quantitative estimate of drug-likeness (QED) is 0.594. The minimum atomic E-state index is 0.443. The zero-order valence-electron chi connectivity index (χ0n) is 13.5. The molecule has 2 aromatic carbocycles. The zero-order valence-corrected chi connectivity index (χ0v) is 13.5. The van der Waals surface area contributed by atoms with E-state index in [1.165, 1.54) is 5.56 Å². The summed E-state index contributed by atoms with van der Waals surface area (Å²) in [6, 6.07) is 21.0. The highest BCUT2D eigenvalue weighted by molar-refractivity contribution is 5.36. The van der Waals surface area contributed by atoms with E-state index in [1.54, 1.807) is 6.20 Å². The average Bonchev–Trinajstić information content (AvgIpc) is 2.61. The van der Waals surface area contributed by atoms with Gasteiger partial charge in [0.25, 0.3) is 0 Å². The Bertz CT molecular complexity index is 757. The predicted octanol–water partition coefficient (Wildman–Crippen LogP) is 4.64. The number of aryl methyl sites for hydroxylation is 1. The summed E-state index contributed by atoms with van der Waals surface area (Å²) < 4.78 is 16.9. The molecule has 0 aliphatic heterocycles. The van der Waals surface area contributed by atoms with Crippen LogP contribution in [0.25, 0.3) is 0 Å². The maximum Gasteiger partial charge on any atom is 0.213 e. The molecule has 0 saturated heterocycles. The van der Waals surface area contributed by atoms with Gasteiger partial charge in [0, 0.05) is 12.3 Å². The van der Waals surface area contributed by atoms with Crippen molar-refractivity contribution in [2.45, 2.75) is 6.92 Å². The molecule has 0 aliphatic rings. The van der Waals surface area contributed by atoms with Crippen LogP contribution < -0.4 is 14.2 Å². The molecule has 0 saturated carbocycles. The third-order valence-electron chi connectivity index (χ3n) is 3.29. The maximum atomic E-state index is 5.81. The van der Waals surface area contributed by atoms with Gasteiger partial charge in [0.1, 0.15) is 30.5 Å². The summed E-state index contributed by atoms with van der Waals surface area (Å²) in [7, 11) is 0. The number of ether oxygens (including phenoxy) is 3. The van der Waals surface area contributed by atoms with E-state index in [0.717, 1.165) is 17.2 Å². The highest BCUT2D eigenvalue weighted by Gasteiger charge is 2.00. The van der Waals surface area contributed by atoms with Crippen LogP contribution in [0.5, 0.6) is 23.1 Å². The van der Waals surface area contributed by atoms with E-state index in [0.29, 0.717) is 19.1 Å². The molecule has 0 aliphatic carbocycles. The van der Waals surface area contributed by atoms with Crippen molar-refractivity contribution in [3.63, 3.8) is 0 Å². The third-order valence-corrected chi connectivity index (χ3v) is 3.29. The topological polar surface area (TPSA) is 40.6 Å². The number of hydrogen-bond donors (Lipinski definition) is 0. The van der Waals surface area contributed by atoms with Gasteiger partial charge in [0.15, 0.2) is 0 Å². The van der Waals surface area contributed by atoms with Gasteiger partial charge in [-0.25, -0.2) is 4.98 Å². The van der Waals surface area contributed by atoms with E-state index in [-0.39, 0.29) is 0 Å². The van der Waals surface area contributed by atoms with E-state index < -0.39 is 0 Å². The normalized spacial score (nSPS) is 10.2. The summed E-state index contributed by atoms with van der Waals surface area (Å²) in [4.78, 5) is 4.09. The summed E-state index contributed by atoms with van der Waals surface area (Å²) in [6.07, 6.45) is 1.70. The molecule has 122 valence electrons. The first-order valence-electron chi connectivity index (χ1n) is 7.81. The van der Waals surface area contributed by atoms with Gasteiger partial charge in [0.05, 0.1) is 0 Å². The second-order valence-electron chi connectivity index (χ2n) is 5.25. The molecule has 3 aromatic rings. The highest BCUT2D eigenvalue weighted by atomic mass is 16.5. The number of benzene rings is 2. The first-order chi connectivity index (χ1) is 11.8. The first-order valence-corrected chi connectivity index (χ1v) is 7.81. The Hall–Kier alpha value is -3.01. The van der Waals surface area contributed by atoms with Crippen molar-refractivity contribution in [2.75, 3.05) is 13.2 Å². The molecule has 4 nitrogen and oxygen atoms in total. The third kappa shape index (κ3) is 4.74. The van der Waals surface area contributed by atoms with Crippen molar-refractivity contribution in [1.29, 1.82) is 0 Å². The lowest BCUT2D eigenvalue weighted by molar-refractivity contribution is 0.212. The fourth-order valence-corrected chi connectivity index (χ4v) is 2.16. The molecular weight excluding hydrogens is 302 g/mol. The van der Waals surface area contributed by atoms with Crippen molar-refractivity contribution in [3.05, 3.63) is 78.5 Å². The molecule has 0 atom stereocenters. The van der Waals surface area contributed by atoms with Crippen molar-refractivity contribution in [3.8, 4) is 23.1 Å². The Balaban J connectivity index is 1.46. The van der Waals surface area contributed by atoms with E-state index in [9.17, 15) is 0 Å². The van der Waals surface area contributed by atoms with Crippen LogP contribution in [0.3, 0.4) is 0 Å². The fourth-order valence-electron chi connectivity index (χ4n) is 2.16. The summed E-state index contributed by atoms with van der Waals surface area (Å²) in [6.45, 7) is 2.93. The number of rotatable bonds is 7. The number of hydrogen-bond acceptors (Lipinski definition) is 4. The Labute approximate surface area is 141 Å². The second kappa shape index (κ2) is 8.02. The number of aromatic nitrogens is 1. The number of nitrogens with zero attached hydrogens (tertiary/aromatic N) is 1. The Kier molecular flexibility index (Phi) is 5.30. The molecule has 0 radical (unpaired) electrons. The van der Waals surface area contributed by atoms with Gasteiger partial charge < -0.3 is 14.2 Å². The smallest absolute Gasteiger partial charge is 0.213 e. The summed E-state index contributed by atoms with van der Waals surface area (Å²) in [5.74, 6) is 2.98. The predicted molar refractivity (Wildman–Crippen MR) is 92.9 cm³/mol. The molecule has 0 fully saturated rings. The van der Waals surface area contributed by atoms with E-state index in [4.69, 9.17) is 14.2 Å². The Morgan fingerprint density at radius 3 is 2.29 bits per heavy atom. The van der Waals surface area contributed by atoms with Crippen molar-refractivity contribution in [2.24, 2.45) is 0 Å². The lowest BCUT2D eigenvalue weighted by Crippen LogP contribution is -2.09. The molecule has 24 heavy (non-hydrogen) atoms. The van der Waals surface area contributed by atoms with E-state index in [2.05, 4.69) is 4.98 Å². The van der Waals surface area contributed by atoms with Gasteiger partial charge in [-0.15, -0.1) is 0 Å². The lowest BCUT2D eigenvalue weighted by Gasteiger charge is -2.09. The van der Waals surface area contributed by atoms with Gasteiger partial charge in [-0.3, -0.25) is 0 Å². The van der Waals surface area contributed by atoms with Crippen LogP contribution in [0.1, 0.15) is 5.56 Å². The molecule has 0 N–H and O–H groups in total. The van der Waals surface area contributed by atoms with Gasteiger partial charge in [0.2, 0.25) is 5.88 Å². The van der Waals surface area contributed by atoms with Crippen LogP contribution in [0, 0.1) is 6.92 Å². The van der Waals surface area contributed by atoms with E-state index in [1.807, 2.05) is 73.7 Å². The lowest BCUT2D eigenvalue weighted by atomic mass is 10.2. The molecule has 4 heteroatoms. The van der Waals surface area contributed by atoms with Gasteiger partial charge in [-0.05, 0) is 55.0 Å². The molecule has 1 aromatic heterocycles. The largest absolute Gasteiger partial charge is 0.490 e. The van der Waals surface area contributed by atoms with Crippen LogP contribution in [0.15, 0.2) is 72.9 Å². The Morgan fingerprint density at radius 1 is 0.750 bits per heavy atom. The van der Waals surface area contributed by atoms with E-state index >= 15 is 0 Å². The minimum Gasteiger partial charge on any atom is -0.490 e. The zero-order chi connectivity index (χ0) is 16.6. The van der Waals surface area contributed by atoms with Crippen molar-refractivity contribution < 1.29 is 14.2 Å². The standard InChI is InChI=1S/C20H19NO3/c1-16-5-4-6-19(15-16)24-18-10-8-17(9-11-18)22-13-14-23-20-7-2-3-12-21-20/h2-12,15H,13-14H2,1H3. The molecule has 3 rings (SSSR count). The monoisotopic (exact) mass is 321 g/mol. The fraction of sp³-hybridized carbons (Fsp3) is 0.150. The Morgan fingerprint density at radius 2 is 1.54 bits per heavy atom. The van der Waals surface area contributed by atoms with Crippen LogP contribution in [-0.4, -0.2) is 18.2 Å². The van der Waals surface area contributed by atoms with Gasteiger partial charge in [-0.2, -0.15) is 0 Å². The van der Waals surface area contributed by atoms with Crippen LogP contribution in [0.2, 0.25) is 0 Å². The van der Waals surface area contributed by atoms with Crippen molar-refractivity contribution in [1.82, 2.24) is 4.98 Å². The molecule has 0 spiro atoms. The summed E-state index contributed by atoms with van der Waals surface area (Å²) in [5, 5.41) is 0. The van der Waals surface area contributed by atoms with Gasteiger partial charge in [-0.1, -0.05) is 18.2 Å². The van der Waals surface area contributed by atoms with Crippen LogP contribution in [0.4, 0.5) is 0 Å². The SMILES string of the molecule is Cc1cccc(Oc2ccc(OCCOc3ccccn3)cc2)c1. The molecule has 0 unspecified atom stereocenters. The summed E-state index contributed by atoms with van der Waals surface area (Å²) in [5.41, 5.74) is 1.17. The minimum absolute atomic E-state index is 0.443. The van der Waals surface area contributed by atoms with Crippen LogP contribution in [-0.2, 0) is 0 Å². The average molecular weight is 321 g/mol. The highest BCUT2D eigenvalue weighted by Crippen LogP contribution is 2.24. The van der Waals surface area contributed by atoms with Crippen molar-refractivity contribution >= 4 is 0 Å². The van der Waals surface area contributed by atoms with Crippen LogP contribution >= 0.6 is 0 Å². The maximum absolute atomic E-state index is 5.81. The summed E-state index contributed by atoms with van der Waals surface area (Å²) >= 11 is 0. The molecule has 1 heterocycles. The first kappa shape index (κ1) is 15.9. The second-order valence-corrected chi connectivity index (χ2v) is 5.25. The molecule has 0 amide bonds. The molecule has 0 bridgehead atoms. The van der Waals surface area contributed by atoms with Gasteiger partial charge >= 0.3 is 0 Å².